The first-order chi connectivity index (χ1) is 15.3. The van der Waals surface area contributed by atoms with E-state index < -0.39 is 6.36 Å². The van der Waals surface area contributed by atoms with Crippen LogP contribution in [0.15, 0.2) is 77.7 Å². The minimum Gasteiger partial charge on any atom is -0.406 e. The molecule has 0 bridgehead atoms. The topological polar surface area (TPSA) is 59.4 Å². The molecule has 0 fully saturated rings. The number of ether oxygens (including phenoxy) is 1. The Hall–Kier alpha value is -4.07. The Morgan fingerprint density at radius 3 is 2.59 bits per heavy atom. The van der Waals surface area contributed by atoms with Gasteiger partial charge in [0.05, 0.1) is 16.9 Å². The molecule has 0 unspecified atom stereocenters. The summed E-state index contributed by atoms with van der Waals surface area (Å²) < 4.78 is 43.3. The second-order valence-electron chi connectivity index (χ2n) is 7.39. The molecule has 0 aliphatic heterocycles. The van der Waals surface area contributed by atoms with Crippen LogP contribution in [0.3, 0.4) is 0 Å². The molecule has 8 heteroatoms. The zero-order chi connectivity index (χ0) is 22.5. The average molecular weight is 435 g/mol. The zero-order valence-corrected chi connectivity index (χ0v) is 16.8. The molecule has 0 radical (unpaired) electrons. The van der Waals surface area contributed by atoms with Gasteiger partial charge in [-0.1, -0.05) is 24.3 Å². The molecule has 0 aliphatic carbocycles. The Kier molecular flexibility index (Phi) is 4.51. The third-order valence-corrected chi connectivity index (χ3v) is 5.26. The number of para-hydroxylation sites is 1. The molecule has 3 aromatic heterocycles. The van der Waals surface area contributed by atoms with Crippen molar-refractivity contribution in [2.24, 2.45) is 0 Å². The molecule has 1 N–H and O–H groups in total. The number of benzene rings is 2. The highest BCUT2D eigenvalue weighted by molar-refractivity contribution is 5.83. The Bertz CT molecular complexity index is 1530. The molecule has 0 spiro atoms. The van der Waals surface area contributed by atoms with E-state index in [4.69, 9.17) is 0 Å². The van der Waals surface area contributed by atoms with Crippen LogP contribution in [0.5, 0.6) is 5.75 Å². The summed E-state index contributed by atoms with van der Waals surface area (Å²) in [5, 5.41) is 5.13. The van der Waals surface area contributed by atoms with Crippen LogP contribution in [0.1, 0.15) is 5.56 Å². The van der Waals surface area contributed by atoms with Gasteiger partial charge in [0.25, 0.3) is 0 Å². The molecule has 32 heavy (non-hydrogen) atoms. The summed E-state index contributed by atoms with van der Waals surface area (Å²) in [6, 6.07) is 18.5. The minimum absolute atomic E-state index is 0.0444. The lowest BCUT2D eigenvalue weighted by atomic mass is 10.0. The predicted octanol–water partition coefficient (Wildman–Crippen LogP) is 5.72. The molecule has 5 aromatic rings. The van der Waals surface area contributed by atoms with Crippen LogP contribution in [-0.4, -0.2) is 21.0 Å². The first-order valence-electron chi connectivity index (χ1n) is 9.76. The molecule has 5 nitrogen and oxygen atoms in total. The highest BCUT2D eigenvalue weighted by atomic mass is 19.4. The molecule has 0 saturated heterocycles. The predicted molar refractivity (Wildman–Crippen MR) is 116 cm³/mol. The lowest BCUT2D eigenvalue weighted by molar-refractivity contribution is -0.274. The fourth-order valence-electron chi connectivity index (χ4n) is 3.75. The number of rotatable bonds is 3. The quantitative estimate of drug-likeness (QED) is 0.395. The van der Waals surface area contributed by atoms with Crippen molar-refractivity contribution in [1.82, 2.24) is 14.6 Å². The third-order valence-electron chi connectivity index (χ3n) is 5.26. The molecule has 0 amide bonds. The zero-order valence-electron chi connectivity index (χ0n) is 16.8. The van der Waals surface area contributed by atoms with E-state index in [1.165, 1.54) is 18.2 Å². The standard InChI is InChI=1S/C24H16F3N3O2/c1-14-22(28-20-8-3-2-7-19(20)23(14)31)16-9-10-17-12-21(29-30(17)13-16)15-5-4-6-18(11-15)32-24(25,26)27/h2-13H,1H3,(H,28,31). The fourth-order valence-corrected chi connectivity index (χ4v) is 3.75. The Morgan fingerprint density at radius 2 is 1.78 bits per heavy atom. The number of pyridine rings is 2. The first-order valence-corrected chi connectivity index (χ1v) is 9.76. The number of nitrogens with one attached hydrogen (secondary N) is 1. The number of nitrogens with zero attached hydrogens (tertiary/aromatic N) is 2. The van der Waals surface area contributed by atoms with Crippen molar-refractivity contribution in [2.45, 2.75) is 13.3 Å². The van der Waals surface area contributed by atoms with Crippen LogP contribution in [0.25, 0.3) is 38.9 Å². The van der Waals surface area contributed by atoms with Gasteiger partial charge in [0.1, 0.15) is 5.75 Å². The van der Waals surface area contributed by atoms with Gasteiger partial charge < -0.3 is 9.72 Å². The van der Waals surface area contributed by atoms with E-state index in [0.717, 1.165) is 16.6 Å². The van der Waals surface area contributed by atoms with Crippen LogP contribution in [-0.2, 0) is 0 Å². The van der Waals surface area contributed by atoms with Crippen LogP contribution in [0.2, 0.25) is 0 Å². The Labute approximate surface area is 179 Å². The van der Waals surface area contributed by atoms with Crippen molar-refractivity contribution < 1.29 is 17.9 Å². The van der Waals surface area contributed by atoms with Gasteiger partial charge >= 0.3 is 6.36 Å². The maximum absolute atomic E-state index is 12.8. The summed E-state index contributed by atoms with van der Waals surface area (Å²) in [5.41, 5.74) is 4.48. The molecule has 3 heterocycles. The van der Waals surface area contributed by atoms with Crippen molar-refractivity contribution in [3.8, 4) is 28.3 Å². The van der Waals surface area contributed by atoms with E-state index >= 15 is 0 Å². The van der Waals surface area contributed by atoms with Gasteiger partial charge in [-0.15, -0.1) is 13.2 Å². The van der Waals surface area contributed by atoms with Gasteiger partial charge in [0.2, 0.25) is 0 Å². The monoisotopic (exact) mass is 435 g/mol. The van der Waals surface area contributed by atoms with Gasteiger partial charge in [-0.05, 0) is 49.4 Å². The van der Waals surface area contributed by atoms with E-state index in [1.54, 1.807) is 35.8 Å². The Balaban J connectivity index is 1.58. The largest absolute Gasteiger partial charge is 0.573 e. The van der Waals surface area contributed by atoms with Crippen molar-refractivity contribution in [1.29, 1.82) is 0 Å². The van der Waals surface area contributed by atoms with E-state index in [-0.39, 0.29) is 11.2 Å². The fraction of sp³-hybridized carbons (Fsp3) is 0.0833. The number of hydrogen-bond donors (Lipinski definition) is 1. The number of aromatic amines is 1. The number of alkyl halides is 3. The number of hydrogen-bond acceptors (Lipinski definition) is 3. The van der Waals surface area contributed by atoms with E-state index in [2.05, 4.69) is 14.8 Å². The van der Waals surface area contributed by atoms with E-state index in [0.29, 0.717) is 27.9 Å². The molecule has 0 aliphatic rings. The van der Waals surface area contributed by atoms with E-state index in [1.807, 2.05) is 30.3 Å². The summed E-state index contributed by atoms with van der Waals surface area (Å²) >= 11 is 0. The van der Waals surface area contributed by atoms with Gasteiger partial charge in [0.15, 0.2) is 5.43 Å². The van der Waals surface area contributed by atoms with Crippen LogP contribution in [0.4, 0.5) is 13.2 Å². The van der Waals surface area contributed by atoms with Crippen molar-refractivity contribution in [2.75, 3.05) is 0 Å². The van der Waals surface area contributed by atoms with Gasteiger partial charge in [-0.2, -0.15) is 5.10 Å². The van der Waals surface area contributed by atoms with Gasteiger partial charge in [-0.25, -0.2) is 4.52 Å². The van der Waals surface area contributed by atoms with Crippen molar-refractivity contribution in [3.63, 3.8) is 0 Å². The molecular weight excluding hydrogens is 419 g/mol. The molecule has 5 rings (SSSR count). The highest BCUT2D eigenvalue weighted by Gasteiger charge is 2.31. The summed E-state index contributed by atoms with van der Waals surface area (Å²) in [6.07, 6.45) is -2.98. The average Bonchev–Trinajstić information content (AvgIpc) is 3.19. The first kappa shape index (κ1) is 19.9. The summed E-state index contributed by atoms with van der Waals surface area (Å²) in [6.45, 7) is 1.77. The third kappa shape index (κ3) is 3.60. The lowest BCUT2D eigenvalue weighted by Gasteiger charge is -2.09. The smallest absolute Gasteiger partial charge is 0.406 e. The van der Waals surface area contributed by atoms with Gasteiger partial charge in [-0.3, -0.25) is 4.79 Å². The van der Waals surface area contributed by atoms with Gasteiger partial charge in [0, 0.05) is 33.8 Å². The number of halogens is 3. The molecule has 160 valence electrons. The normalized spacial score (nSPS) is 11.9. The van der Waals surface area contributed by atoms with Crippen LogP contribution < -0.4 is 10.2 Å². The van der Waals surface area contributed by atoms with Crippen molar-refractivity contribution in [3.05, 3.63) is 88.7 Å². The second kappa shape index (κ2) is 7.26. The molecule has 2 aromatic carbocycles. The summed E-state index contributed by atoms with van der Waals surface area (Å²) in [7, 11) is 0. The molecule has 0 atom stereocenters. The maximum Gasteiger partial charge on any atom is 0.573 e. The Morgan fingerprint density at radius 1 is 0.969 bits per heavy atom. The molecular formula is C24H16F3N3O2. The second-order valence-corrected chi connectivity index (χ2v) is 7.39. The number of aromatic nitrogens is 3. The number of H-pyrrole nitrogens is 1. The maximum atomic E-state index is 12.8. The highest BCUT2D eigenvalue weighted by Crippen LogP contribution is 2.29. The molecule has 0 saturated carbocycles. The lowest BCUT2D eigenvalue weighted by Crippen LogP contribution is -2.17. The van der Waals surface area contributed by atoms with Crippen molar-refractivity contribution >= 4 is 16.4 Å². The van der Waals surface area contributed by atoms with Crippen LogP contribution in [0, 0.1) is 6.92 Å². The minimum atomic E-state index is -4.76. The number of fused-ring (bicyclic) bond motifs is 2. The van der Waals surface area contributed by atoms with Crippen LogP contribution >= 0.6 is 0 Å². The summed E-state index contributed by atoms with van der Waals surface area (Å²) in [5.74, 6) is -0.308. The van der Waals surface area contributed by atoms with E-state index in [9.17, 15) is 18.0 Å². The SMILES string of the molecule is Cc1c(-c2ccc3cc(-c4cccc(OC(F)(F)F)c4)nn3c2)[nH]c2ccccc2c1=O. The summed E-state index contributed by atoms with van der Waals surface area (Å²) in [4.78, 5) is 16.1.